The largest absolute Gasteiger partial charge is 0.486 e. The van der Waals surface area contributed by atoms with Gasteiger partial charge in [0.15, 0.2) is 5.05 Å². The Labute approximate surface area is 77.4 Å². The maximum Gasteiger partial charge on any atom is 0.164 e. The normalized spacial score (nSPS) is 16.2. The number of fused-ring (bicyclic) bond motifs is 1. The number of benzene rings is 1. The standard InChI is InChI=1S/C10H10OS/c12-10-7-9-4-2-1-3-8(9)5-6-11-10/h1-4H,5-7H2. The molecule has 1 nitrogen and oxygen atoms in total. The molecule has 1 heterocycles. The van der Waals surface area contributed by atoms with Crippen molar-refractivity contribution in [2.75, 3.05) is 6.61 Å². The van der Waals surface area contributed by atoms with Gasteiger partial charge in [-0.3, -0.25) is 0 Å². The second kappa shape index (κ2) is 3.23. The number of ether oxygens (including phenoxy) is 1. The maximum atomic E-state index is 5.32. The van der Waals surface area contributed by atoms with E-state index in [0.29, 0.717) is 0 Å². The molecule has 0 atom stereocenters. The van der Waals surface area contributed by atoms with Crippen molar-refractivity contribution in [3.05, 3.63) is 35.4 Å². The Morgan fingerprint density at radius 1 is 1.17 bits per heavy atom. The number of hydrogen-bond acceptors (Lipinski definition) is 2. The summed E-state index contributed by atoms with van der Waals surface area (Å²) in [6.07, 6.45) is 1.78. The summed E-state index contributed by atoms with van der Waals surface area (Å²) in [5.41, 5.74) is 2.69. The van der Waals surface area contributed by atoms with Gasteiger partial charge in [0.1, 0.15) is 0 Å². The molecular formula is C10H10OS. The molecule has 0 amide bonds. The third kappa shape index (κ3) is 1.48. The smallest absolute Gasteiger partial charge is 0.164 e. The van der Waals surface area contributed by atoms with Crippen molar-refractivity contribution >= 4 is 17.3 Å². The fraction of sp³-hybridized carbons (Fsp3) is 0.300. The SMILES string of the molecule is S=C1Cc2ccccc2CCO1. The molecule has 0 saturated carbocycles. The molecule has 0 aromatic heterocycles. The Balaban J connectivity index is 2.37. The topological polar surface area (TPSA) is 9.23 Å². The van der Waals surface area contributed by atoms with Gasteiger partial charge >= 0.3 is 0 Å². The van der Waals surface area contributed by atoms with Gasteiger partial charge in [-0.1, -0.05) is 24.3 Å². The summed E-state index contributed by atoms with van der Waals surface area (Å²) in [5, 5.41) is 0.722. The van der Waals surface area contributed by atoms with Crippen LogP contribution in [-0.2, 0) is 17.6 Å². The zero-order valence-electron chi connectivity index (χ0n) is 6.75. The van der Waals surface area contributed by atoms with Crippen molar-refractivity contribution < 1.29 is 4.74 Å². The molecular weight excluding hydrogens is 168 g/mol. The first-order valence-corrected chi connectivity index (χ1v) is 4.49. The van der Waals surface area contributed by atoms with E-state index < -0.39 is 0 Å². The Kier molecular flexibility index (Phi) is 2.09. The molecule has 1 aromatic rings. The maximum absolute atomic E-state index is 5.32. The number of thiocarbonyl (C=S) groups is 1. The van der Waals surface area contributed by atoms with Gasteiger partial charge in [-0.25, -0.2) is 0 Å². The third-order valence-corrected chi connectivity index (χ3v) is 2.35. The van der Waals surface area contributed by atoms with Gasteiger partial charge in [0.05, 0.1) is 6.61 Å². The summed E-state index contributed by atoms with van der Waals surface area (Å²) in [6, 6.07) is 8.38. The fourth-order valence-electron chi connectivity index (χ4n) is 1.46. The number of rotatable bonds is 0. The van der Waals surface area contributed by atoms with Gasteiger partial charge in [-0.2, -0.15) is 0 Å². The van der Waals surface area contributed by atoms with Crippen LogP contribution in [0.5, 0.6) is 0 Å². The zero-order chi connectivity index (χ0) is 8.39. The van der Waals surface area contributed by atoms with E-state index in [1.165, 1.54) is 11.1 Å². The fourth-order valence-corrected chi connectivity index (χ4v) is 1.69. The molecule has 1 aliphatic rings. The molecule has 62 valence electrons. The van der Waals surface area contributed by atoms with Crippen LogP contribution in [0.25, 0.3) is 0 Å². The van der Waals surface area contributed by atoms with Gasteiger partial charge in [-0.15, -0.1) is 0 Å². The minimum atomic E-state index is 0.722. The second-order valence-corrected chi connectivity index (χ2v) is 3.37. The minimum Gasteiger partial charge on any atom is -0.486 e. The Morgan fingerprint density at radius 3 is 2.75 bits per heavy atom. The zero-order valence-corrected chi connectivity index (χ0v) is 7.56. The van der Waals surface area contributed by atoms with E-state index in [9.17, 15) is 0 Å². The Morgan fingerprint density at radius 2 is 1.92 bits per heavy atom. The van der Waals surface area contributed by atoms with Crippen LogP contribution in [0, 0.1) is 0 Å². The highest BCUT2D eigenvalue weighted by atomic mass is 32.1. The minimum absolute atomic E-state index is 0.722. The quantitative estimate of drug-likeness (QED) is 0.563. The van der Waals surface area contributed by atoms with E-state index in [2.05, 4.69) is 18.2 Å². The summed E-state index contributed by atoms with van der Waals surface area (Å²) in [6.45, 7) is 0.732. The Bertz CT molecular complexity index is 306. The molecule has 0 aliphatic carbocycles. The van der Waals surface area contributed by atoms with E-state index in [-0.39, 0.29) is 0 Å². The molecule has 2 rings (SSSR count). The van der Waals surface area contributed by atoms with Gasteiger partial charge in [0, 0.05) is 12.8 Å². The molecule has 0 fully saturated rings. The highest BCUT2D eigenvalue weighted by molar-refractivity contribution is 7.80. The third-order valence-electron chi connectivity index (χ3n) is 2.09. The first kappa shape index (κ1) is 7.74. The average molecular weight is 178 g/mol. The van der Waals surface area contributed by atoms with Gasteiger partial charge in [0.25, 0.3) is 0 Å². The Hall–Kier alpha value is -0.890. The molecule has 0 spiro atoms. The van der Waals surface area contributed by atoms with Crippen LogP contribution in [0.4, 0.5) is 0 Å². The van der Waals surface area contributed by atoms with Crippen LogP contribution < -0.4 is 0 Å². The van der Waals surface area contributed by atoms with Crippen molar-refractivity contribution in [2.45, 2.75) is 12.8 Å². The highest BCUT2D eigenvalue weighted by Gasteiger charge is 2.09. The van der Waals surface area contributed by atoms with Crippen LogP contribution >= 0.6 is 12.2 Å². The lowest BCUT2D eigenvalue weighted by Gasteiger charge is -2.01. The summed E-state index contributed by atoms with van der Waals surface area (Å²) in [5.74, 6) is 0. The van der Waals surface area contributed by atoms with Crippen LogP contribution in [0.1, 0.15) is 11.1 Å². The molecule has 0 radical (unpaired) electrons. The van der Waals surface area contributed by atoms with Crippen molar-refractivity contribution in [3.63, 3.8) is 0 Å². The van der Waals surface area contributed by atoms with E-state index in [0.717, 1.165) is 24.5 Å². The summed E-state index contributed by atoms with van der Waals surface area (Å²) < 4.78 is 5.32. The lowest BCUT2D eigenvalue weighted by Crippen LogP contribution is -2.02. The first-order valence-electron chi connectivity index (χ1n) is 4.08. The molecule has 2 heteroatoms. The first-order chi connectivity index (χ1) is 5.86. The molecule has 0 unspecified atom stereocenters. The molecule has 1 aromatic carbocycles. The highest BCUT2D eigenvalue weighted by Crippen LogP contribution is 2.14. The average Bonchev–Trinajstić information content (AvgIpc) is 2.25. The van der Waals surface area contributed by atoms with Crippen molar-refractivity contribution in [1.29, 1.82) is 0 Å². The van der Waals surface area contributed by atoms with Crippen LogP contribution in [0.15, 0.2) is 24.3 Å². The summed E-state index contributed by atoms with van der Waals surface area (Å²) in [4.78, 5) is 0. The van der Waals surface area contributed by atoms with Crippen molar-refractivity contribution in [1.82, 2.24) is 0 Å². The molecule has 0 saturated heterocycles. The summed E-state index contributed by atoms with van der Waals surface area (Å²) >= 11 is 5.05. The van der Waals surface area contributed by atoms with Crippen LogP contribution in [0.3, 0.4) is 0 Å². The monoisotopic (exact) mass is 178 g/mol. The van der Waals surface area contributed by atoms with Crippen LogP contribution in [0.2, 0.25) is 0 Å². The van der Waals surface area contributed by atoms with E-state index in [1.807, 2.05) is 6.07 Å². The van der Waals surface area contributed by atoms with Crippen molar-refractivity contribution in [2.24, 2.45) is 0 Å². The van der Waals surface area contributed by atoms with Crippen LogP contribution in [-0.4, -0.2) is 11.7 Å². The number of hydrogen-bond donors (Lipinski definition) is 0. The van der Waals surface area contributed by atoms with Gasteiger partial charge < -0.3 is 4.74 Å². The lowest BCUT2D eigenvalue weighted by atomic mass is 10.0. The van der Waals surface area contributed by atoms with E-state index in [4.69, 9.17) is 17.0 Å². The predicted octanol–water partition coefficient (Wildman–Crippen LogP) is 2.13. The molecule has 1 aliphatic heterocycles. The molecule has 12 heavy (non-hydrogen) atoms. The predicted molar refractivity (Wildman–Crippen MR) is 52.4 cm³/mol. The van der Waals surface area contributed by atoms with Crippen molar-refractivity contribution in [3.8, 4) is 0 Å². The van der Waals surface area contributed by atoms with E-state index >= 15 is 0 Å². The lowest BCUT2D eigenvalue weighted by molar-refractivity contribution is 0.316. The van der Waals surface area contributed by atoms with Gasteiger partial charge in [-0.05, 0) is 23.3 Å². The summed E-state index contributed by atoms with van der Waals surface area (Å²) in [7, 11) is 0. The van der Waals surface area contributed by atoms with Gasteiger partial charge in [0.2, 0.25) is 0 Å². The molecule has 0 bridgehead atoms. The van der Waals surface area contributed by atoms with E-state index in [1.54, 1.807) is 0 Å². The molecule has 0 N–H and O–H groups in total. The second-order valence-electron chi connectivity index (χ2n) is 2.92.